The van der Waals surface area contributed by atoms with Crippen molar-refractivity contribution in [2.75, 3.05) is 31.1 Å². The molecule has 218 valence electrons. The van der Waals surface area contributed by atoms with Crippen LogP contribution in [0.1, 0.15) is 31.5 Å². The van der Waals surface area contributed by atoms with Gasteiger partial charge in [0.25, 0.3) is 0 Å². The number of H-pyrrole nitrogens is 1. The van der Waals surface area contributed by atoms with Gasteiger partial charge in [-0.25, -0.2) is 0 Å². The van der Waals surface area contributed by atoms with E-state index in [-0.39, 0.29) is 47.9 Å². The molecule has 8 heteroatoms. The van der Waals surface area contributed by atoms with Crippen molar-refractivity contribution in [3.63, 3.8) is 0 Å². The maximum Gasteiger partial charge on any atom is 0.128 e. The van der Waals surface area contributed by atoms with Crippen LogP contribution in [0.3, 0.4) is 0 Å². The number of rotatable bonds is 6. The number of hydrogen-bond donors (Lipinski definition) is 2. The quantitative estimate of drug-likeness (QED) is 0.247. The van der Waals surface area contributed by atoms with Gasteiger partial charge in [-0.15, -0.1) is 0 Å². The Balaban J connectivity index is 0.00000140. The van der Waals surface area contributed by atoms with Gasteiger partial charge in [0.15, 0.2) is 0 Å². The number of nitrogens with zero attached hydrogens (tertiary/aromatic N) is 2. The Morgan fingerprint density at radius 1 is 0.900 bits per heavy atom. The third-order valence-electron chi connectivity index (χ3n) is 7.83. The van der Waals surface area contributed by atoms with Crippen molar-refractivity contribution >= 4 is 67.8 Å². The van der Waals surface area contributed by atoms with Crippen LogP contribution >= 0.6 is 40.5 Å². The minimum atomic E-state index is -0.542. The highest BCUT2D eigenvalue weighted by atomic mass is 32.1. The molecule has 2 bridgehead atoms. The Hall–Kier alpha value is -2.23. The molecule has 5 nitrogen and oxygen atoms in total. The molecule has 3 aromatic carbocycles. The summed E-state index contributed by atoms with van der Waals surface area (Å²) in [7, 11) is 0. The molecule has 1 saturated heterocycles. The molecule has 0 amide bonds. The average molecular weight is 600 g/mol. The average Bonchev–Trinajstić information content (AvgIpc) is 3.27. The van der Waals surface area contributed by atoms with Gasteiger partial charge in [0.05, 0.1) is 5.52 Å². The lowest BCUT2D eigenvalue weighted by Crippen LogP contribution is -2.60. The first-order valence-corrected chi connectivity index (χ1v) is 13.1. The summed E-state index contributed by atoms with van der Waals surface area (Å²) in [5, 5.41) is 14.6. The lowest BCUT2D eigenvalue weighted by molar-refractivity contribution is 0.0409. The molecule has 1 aromatic heterocycles. The second kappa shape index (κ2) is 14.6. The molecular formula is C32H45N3O2S3. The van der Waals surface area contributed by atoms with E-state index in [1.807, 2.05) is 6.07 Å². The lowest BCUT2D eigenvalue weighted by atomic mass is 9.96. The van der Waals surface area contributed by atoms with Crippen LogP contribution < -0.4 is 9.64 Å². The topological polar surface area (TPSA) is 51.7 Å². The van der Waals surface area contributed by atoms with Crippen molar-refractivity contribution < 1.29 is 9.84 Å². The zero-order valence-electron chi connectivity index (χ0n) is 22.7. The molecule has 4 aromatic rings. The van der Waals surface area contributed by atoms with Crippen LogP contribution in [0, 0.1) is 13.8 Å². The lowest BCUT2D eigenvalue weighted by Gasteiger charge is -2.48. The number of aliphatic hydroxyl groups excluding tert-OH is 1. The first-order valence-electron chi connectivity index (χ1n) is 13.1. The van der Waals surface area contributed by atoms with Gasteiger partial charge in [0.2, 0.25) is 0 Å². The molecule has 0 saturated carbocycles. The number of aromatic amines is 1. The molecule has 2 N–H and O–H groups in total. The van der Waals surface area contributed by atoms with E-state index in [9.17, 15) is 5.11 Å². The molecule has 7 rings (SSSR count). The third-order valence-corrected chi connectivity index (χ3v) is 7.83. The summed E-state index contributed by atoms with van der Waals surface area (Å²) < 4.78 is 6.14. The highest BCUT2D eigenvalue weighted by molar-refractivity contribution is 7.59. The SMILES string of the molecule is C.Cc1cc2c(OC[C@@H](O)CN3C[C@@H]4C/C=C\C[C@H]3CN4c3ccc4ccccc4c3)ccc(C)c2[nH]1.S.S.S. The molecule has 3 aliphatic heterocycles. The minimum absolute atomic E-state index is 0. The van der Waals surface area contributed by atoms with E-state index >= 15 is 0 Å². The van der Waals surface area contributed by atoms with Gasteiger partial charge >= 0.3 is 0 Å². The van der Waals surface area contributed by atoms with Gasteiger partial charge < -0.3 is 19.7 Å². The minimum Gasteiger partial charge on any atom is -0.490 e. The fourth-order valence-electron chi connectivity index (χ4n) is 5.94. The van der Waals surface area contributed by atoms with E-state index in [1.54, 1.807) is 0 Å². The van der Waals surface area contributed by atoms with Crippen LogP contribution in [-0.2, 0) is 0 Å². The van der Waals surface area contributed by atoms with E-state index < -0.39 is 6.10 Å². The standard InChI is InChI=1S/C31H35N3O2.CH4.3H2S/c1-21-11-14-30(29-15-22(2)32-31(21)29)36-20-28(35)19-33-17-27-10-6-5-9-26(33)18-34(27)25-13-12-23-7-3-4-8-24(23)16-25;;;;/h3-8,11-16,26-28,32,35H,9-10,17-20H2,1-2H3;1H4;3*1H2/b6-5-;;;;/t26-,27-,28-;;;;/m0..../s1. The maximum atomic E-state index is 11.0. The Kier molecular flexibility index (Phi) is 12.4. The van der Waals surface area contributed by atoms with Crippen LogP contribution in [0.4, 0.5) is 5.69 Å². The number of piperazine rings is 1. The highest BCUT2D eigenvalue weighted by Crippen LogP contribution is 2.32. The van der Waals surface area contributed by atoms with E-state index in [4.69, 9.17) is 4.74 Å². The Bertz CT molecular complexity index is 1420. The van der Waals surface area contributed by atoms with Crippen LogP contribution in [-0.4, -0.2) is 59.4 Å². The smallest absolute Gasteiger partial charge is 0.128 e. The number of benzene rings is 3. The van der Waals surface area contributed by atoms with E-state index in [1.165, 1.54) is 22.0 Å². The summed E-state index contributed by atoms with van der Waals surface area (Å²) in [6.07, 6.45) is 6.15. The van der Waals surface area contributed by atoms with Crippen molar-refractivity contribution in [1.29, 1.82) is 0 Å². The molecular weight excluding hydrogens is 555 g/mol. The fraction of sp³-hybridized carbons (Fsp3) is 0.375. The zero-order valence-corrected chi connectivity index (χ0v) is 25.7. The number of aliphatic hydroxyl groups is 1. The second-order valence-corrected chi connectivity index (χ2v) is 10.5. The largest absolute Gasteiger partial charge is 0.490 e. The van der Waals surface area contributed by atoms with Gasteiger partial charge in [-0.2, -0.15) is 40.5 Å². The van der Waals surface area contributed by atoms with Crippen molar-refractivity contribution in [2.24, 2.45) is 0 Å². The second-order valence-electron chi connectivity index (χ2n) is 10.5. The predicted octanol–water partition coefficient (Wildman–Crippen LogP) is 6.56. The molecule has 3 aliphatic rings. The summed E-state index contributed by atoms with van der Waals surface area (Å²) in [6, 6.07) is 22.4. The Morgan fingerprint density at radius 3 is 2.40 bits per heavy atom. The molecule has 1 fully saturated rings. The molecule has 0 radical (unpaired) electrons. The number of aromatic nitrogens is 1. The normalized spacial score (nSPS) is 19.8. The summed E-state index contributed by atoms with van der Waals surface area (Å²) in [4.78, 5) is 8.47. The number of hydrogen-bond acceptors (Lipinski definition) is 4. The van der Waals surface area contributed by atoms with Crippen molar-refractivity contribution in [1.82, 2.24) is 9.88 Å². The van der Waals surface area contributed by atoms with Gasteiger partial charge in [-0.1, -0.05) is 56.0 Å². The highest BCUT2D eigenvalue weighted by Gasteiger charge is 2.35. The van der Waals surface area contributed by atoms with Crippen molar-refractivity contribution in [3.05, 3.63) is 84.1 Å². The van der Waals surface area contributed by atoms with Crippen molar-refractivity contribution in [3.8, 4) is 5.75 Å². The van der Waals surface area contributed by atoms with Gasteiger partial charge in [-0.05, 0) is 67.3 Å². The van der Waals surface area contributed by atoms with Crippen LogP contribution in [0.25, 0.3) is 21.7 Å². The summed E-state index contributed by atoms with van der Waals surface area (Å²) in [5.41, 5.74) is 4.73. The van der Waals surface area contributed by atoms with Crippen LogP contribution in [0.15, 0.2) is 72.8 Å². The van der Waals surface area contributed by atoms with E-state index in [0.29, 0.717) is 25.2 Å². The zero-order chi connectivity index (χ0) is 24.6. The first kappa shape index (κ1) is 34.0. The van der Waals surface area contributed by atoms with Gasteiger partial charge in [-0.3, -0.25) is 4.90 Å². The monoisotopic (exact) mass is 599 g/mol. The molecule has 0 aliphatic carbocycles. The predicted molar refractivity (Wildman–Crippen MR) is 186 cm³/mol. The fourth-order valence-corrected chi connectivity index (χ4v) is 5.94. The van der Waals surface area contributed by atoms with E-state index in [0.717, 1.165) is 48.3 Å². The van der Waals surface area contributed by atoms with Crippen LogP contribution in [0.2, 0.25) is 0 Å². The van der Waals surface area contributed by atoms with E-state index in [2.05, 4.69) is 95.4 Å². The number of nitrogens with one attached hydrogen (secondary N) is 1. The molecule has 0 spiro atoms. The summed E-state index contributed by atoms with van der Waals surface area (Å²) in [5.74, 6) is 0.832. The third kappa shape index (κ3) is 6.97. The molecule has 0 unspecified atom stereocenters. The molecule has 3 atom stereocenters. The van der Waals surface area contributed by atoms with Crippen molar-refractivity contribution in [2.45, 2.75) is 52.3 Å². The van der Waals surface area contributed by atoms with Crippen LogP contribution in [0.5, 0.6) is 5.75 Å². The maximum absolute atomic E-state index is 11.0. The number of anilines is 1. The summed E-state index contributed by atoms with van der Waals surface area (Å²) in [6.45, 7) is 7.00. The first-order chi connectivity index (χ1) is 17.5. The van der Waals surface area contributed by atoms with Gasteiger partial charge in [0.1, 0.15) is 18.5 Å². The Labute approximate surface area is 259 Å². The number of ether oxygens (including phenoxy) is 1. The Morgan fingerprint density at radius 2 is 1.62 bits per heavy atom. The number of aryl methyl sites for hydroxylation is 2. The van der Waals surface area contributed by atoms with Gasteiger partial charge in [0, 0.05) is 48.5 Å². The molecule has 40 heavy (non-hydrogen) atoms. The summed E-state index contributed by atoms with van der Waals surface area (Å²) >= 11 is 0. The molecule has 4 heterocycles. The number of fused-ring (bicyclic) bond motifs is 6.